The Balaban J connectivity index is 2.34. The van der Waals surface area contributed by atoms with Gasteiger partial charge in [-0.3, -0.25) is 10.1 Å². The van der Waals surface area contributed by atoms with Crippen LogP contribution in [0.4, 0.5) is 4.79 Å². The number of primary amides is 1. The maximum Gasteiger partial charge on any atom is 0.339 e. The number of pyridine rings is 1. The largest absolute Gasteiger partial charge is 0.448 e. The number of rotatable bonds is 4. The Morgan fingerprint density at radius 2 is 1.92 bits per heavy atom. The molecule has 0 spiro atoms. The van der Waals surface area contributed by atoms with Crippen molar-refractivity contribution < 1.29 is 19.1 Å². The summed E-state index contributed by atoms with van der Waals surface area (Å²) in [6.45, 7) is 3.35. The summed E-state index contributed by atoms with van der Waals surface area (Å²) in [7, 11) is 0. The van der Waals surface area contributed by atoms with Crippen molar-refractivity contribution in [1.29, 1.82) is 0 Å². The molecule has 0 aliphatic heterocycles. The van der Waals surface area contributed by atoms with Gasteiger partial charge in [0.25, 0.3) is 5.91 Å². The van der Waals surface area contributed by atoms with Crippen LogP contribution in [-0.2, 0) is 9.53 Å². The average molecular weight is 350 g/mol. The molecule has 24 heavy (non-hydrogen) atoms. The summed E-state index contributed by atoms with van der Waals surface area (Å²) in [6.07, 6.45) is -1.17. The van der Waals surface area contributed by atoms with E-state index >= 15 is 0 Å². The summed E-state index contributed by atoms with van der Waals surface area (Å²) < 4.78 is 5.28. The molecule has 126 valence electrons. The first-order valence-electron chi connectivity index (χ1n) is 7.16. The Bertz CT molecular complexity index is 807. The number of amides is 3. The molecule has 1 atom stereocenters. The number of aromatic nitrogens is 1. The summed E-state index contributed by atoms with van der Waals surface area (Å²) in [6, 6.07) is 7.27. The summed E-state index contributed by atoms with van der Waals surface area (Å²) >= 11 is 5.94. The lowest BCUT2D eigenvalue weighted by Gasteiger charge is -2.20. The molecule has 1 aromatic heterocycles. The van der Waals surface area contributed by atoms with Crippen molar-refractivity contribution in [3.8, 4) is 0 Å². The number of carbonyl (C=O) groups excluding carboxylic acids is 3. The van der Waals surface area contributed by atoms with Crippen LogP contribution in [0.2, 0.25) is 5.15 Å². The lowest BCUT2D eigenvalue weighted by atomic mass is 10.1. The highest BCUT2D eigenvalue weighted by Gasteiger charge is 2.28. The summed E-state index contributed by atoms with van der Waals surface area (Å²) in [5.41, 5.74) is 5.64. The number of ether oxygens (including phenoxy) is 1. The van der Waals surface area contributed by atoms with E-state index in [1.54, 1.807) is 38.1 Å². The molecule has 8 heteroatoms. The van der Waals surface area contributed by atoms with Crippen LogP contribution >= 0.6 is 11.6 Å². The van der Waals surface area contributed by atoms with Gasteiger partial charge in [-0.1, -0.05) is 43.6 Å². The first kappa shape index (κ1) is 17.7. The van der Waals surface area contributed by atoms with E-state index in [9.17, 15) is 14.4 Å². The normalized spacial score (nSPS) is 12.0. The number of para-hydroxylation sites is 1. The molecule has 0 radical (unpaired) electrons. The first-order valence-corrected chi connectivity index (χ1v) is 7.54. The lowest BCUT2D eigenvalue weighted by molar-refractivity contribution is -0.130. The van der Waals surface area contributed by atoms with E-state index in [1.807, 2.05) is 5.32 Å². The van der Waals surface area contributed by atoms with Gasteiger partial charge in [0.1, 0.15) is 5.15 Å². The van der Waals surface area contributed by atoms with Crippen molar-refractivity contribution in [2.45, 2.75) is 20.0 Å². The number of esters is 1. The van der Waals surface area contributed by atoms with Crippen LogP contribution in [0.5, 0.6) is 0 Å². The van der Waals surface area contributed by atoms with Gasteiger partial charge >= 0.3 is 12.0 Å². The summed E-state index contributed by atoms with van der Waals surface area (Å²) in [4.78, 5) is 39.4. The van der Waals surface area contributed by atoms with Crippen molar-refractivity contribution in [1.82, 2.24) is 10.3 Å². The maximum atomic E-state index is 12.5. The number of imide groups is 1. The minimum Gasteiger partial charge on any atom is -0.448 e. The minimum absolute atomic E-state index is 0.128. The fourth-order valence-electron chi connectivity index (χ4n) is 2.18. The Hall–Kier alpha value is -2.67. The first-order chi connectivity index (χ1) is 11.3. The topological polar surface area (TPSA) is 111 Å². The standard InChI is InChI=1S/C16H16ClN3O4/c1-8(2)13(14(21)20-16(18)23)24-15(22)10-7-12(17)19-11-6-4-3-5-9(10)11/h3-8,13H,1-2H3,(H3,18,20,21,23)/t13-/m0/s1. The number of nitrogens with zero attached hydrogens (tertiary/aromatic N) is 1. The van der Waals surface area contributed by atoms with Crippen LogP contribution in [0.3, 0.4) is 0 Å². The van der Waals surface area contributed by atoms with Crippen LogP contribution < -0.4 is 11.1 Å². The number of carbonyl (C=O) groups is 3. The predicted octanol–water partition coefficient (Wildman–Crippen LogP) is 2.26. The zero-order chi connectivity index (χ0) is 17.9. The molecule has 1 heterocycles. The molecule has 2 rings (SSSR count). The monoisotopic (exact) mass is 349 g/mol. The van der Waals surface area contributed by atoms with Gasteiger partial charge in [0.05, 0.1) is 11.1 Å². The summed E-state index contributed by atoms with van der Waals surface area (Å²) in [5, 5.41) is 2.59. The highest BCUT2D eigenvalue weighted by molar-refractivity contribution is 6.30. The van der Waals surface area contributed by atoms with E-state index in [2.05, 4.69) is 4.98 Å². The smallest absolute Gasteiger partial charge is 0.339 e. The number of fused-ring (bicyclic) bond motifs is 1. The Labute approximate surface area is 143 Å². The van der Waals surface area contributed by atoms with Gasteiger partial charge in [0.15, 0.2) is 6.10 Å². The molecule has 2 aromatic rings. The highest BCUT2D eigenvalue weighted by Crippen LogP contribution is 2.22. The van der Waals surface area contributed by atoms with Crippen molar-refractivity contribution in [3.05, 3.63) is 41.0 Å². The zero-order valence-electron chi connectivity index (χ0n) is 13.1. The number of halogens is 1. The molecule has 0 aliphatic carbocycles. The fraction of sp³-hybridized carbons (Fsp3) is 0.250. The molecular weight excluding hydrogens is 334 g/mol. The van der Waals surface area contributed by atoms with Crippen LogP contribution in [0, 0.1) is 5.92 Å². The van der Waals surface area contributed by atoms with Crippen molar-refractivity contribution >= 4 is 40.4 Å². The molecule has 3 N–H and O–H groups in total. The predicted molar refractivity (Wildman–Crippen MR) is 88.5 cm³/mol. The average Bonchev–Trinajstić information content (AvgIpc) is 2.50. The second-order valence-electron chi connectivity index (χ2n) is 5.43. The minimum atomic E-state index is -1.17. The van der Waals surface area contributed by atoms with E-state index in [0.717, 1.165) is 0 Å². The lowest BCUT2D eigenvalue weighted by Crippen LogP contribution is -2.45. The van der Waals surface area contributed by atoms with Gasteiger partial charge in [0, 0.05) is 5.39 Å². The highest BCUT2D eigenvalue weighted by atomic mass is 35.5. The second-order valence-corrected chi connectivity index (χ2v) is 5.82. The molecule has 7 nitrogen and oxygen atoms in total. The molecule has 0 unspecified atom stereocenters. The van der Waals surface area contributed by atoms with E-state index in [0.29, 0.717) is 10.9 Å². The van der Waals surface area contributed by atoms with Gasteiger partial charge in [-0.25, -0.2) is 14.6 Å². The van der Waals surface area contributed by atoms with Gasteiger partial charge in [-0.2, -0.15) is 0 Å². The number of nitrogens with one attached hydrogen (secondary N) is 1. The SMILES string of the molecule is CC(C)[C@H](OC(=O)c1cc(Cl)nc2ccccc12)C(=O)NC(N)=O. The molecule has 0 fully saturated rings. The van der Waals surface area contributed by atoms with E-state index in [-0.39, 0.29) is 16.6 Å². The molecule has 0 aliphatic rings. The van der Waals surface area contributed by atoms with Gasteiger partial charge < -0.3 is 10.5 Å². The Morgan fingerprint density at radius 1 is 1.25 bits per heavy atom. The van der Waals surface area contributed by atoms with Gasteiger partial charge in [-0.15, -0.1) is 0 Å². The molecule has 0 saturated carbocycles. The van der Waals surface area contributed by atoms with E-state index in [1.165, 1.54) is 6.07 Å². The third-order valence-electron chi connectivity index (χ3n) is 3.25. The van der Waals surface area contributed by atoms with Crippen molar-refractivity contribution in [2.24, 2.45) is 11.7 Å². The molecule has 1 aromatic carbocycles. The number of nitrogens with two attached hydrogens (primary N) is 1. The molecule has 0 saturated heterocycles. The van der Waals surface area contributed by atoms with Crippen LogP contribution in [0.15, 0.2) is 30.3 Å². The van der Waals surface area contributed by atoms with Gasteiger partial charge in [0.2, 0.25) is 0 Å². The maximum absolute atomic E-state index is 12.5. The number of hydrogen-bond acceptors (Lipinski definition) is 5. The van der Waals surface area contributed by atoms with Crippen LogP contribution in [0.25, 0.3) is 10.9 Å². The zero-order valence-corrected chi connectivity index (χ0v) is 13.8. The van der Waals surface area contributed by atoms with E-state index < -0.39 is 24.0 Å². The molecule has 3 amide bonds. The third kappa shape index (κ3) is 3.99. The van der Waals surface area contributed by atoms with Crippen LogP contribution in [0.1, 0.15) is 24.2 Å². The van der Waals surface area contributed by atoms with Crippen molar-refractivity contribution in [3.63, 3.8) is 0 Å². The van der Waals surface area contributed by atoms with Gasteiger partial charge in [-0.05, 0) is 18.1 Å². The Morgan fingerprint density at radius 3 is 2.54 bits per heavy atom. The van der Waals surface area contributed by atoms with Crippen LogP contribution in [-0.4, -0.2) is 29.0 Å². The molecular formula is C16H16ClN3O4. The van der Waals surface area contributed by atoms with Crippen molar-refractivity contribution in [2.75, 3.05) is 0 Å². The third-order valence-corrected chi connectivity index (χ3v) is 3.44. The number of benzene rings is 1. The number of urea groups is 1. The quantitative estimate of drug-likeness (QED) is 0.649. The number of hydrogen-bond donors (Lipinski definition) is 2. The van der Waals surface area contributed by atoms with E-state index in [4.69, 9.17) is 22.1 Å². The summed E-state index contributed by atoms with van der Waals surface area (Å²) in [5.74, 6) is -1.89. The molecule has 0 bridgehead atoms. The second kappa shape index (κ2) is 7.27. The Kier molecular flexibility index (Phi) is 5.35. The fourth-order valence-corrected chi connectivity index (χ4v) is 2.38.